The van der Waals surface area contributed by atoms with Crippen LogP contribution in [0.4, 0.5) is 10.1 Å². The van der Waals surface area contributed by atoms with Crippen molar-refractivity contribution in [1.82, 2.24) is 10.2 Å². The maximum absolute atomic E-state index is 14.0. The van der Waals surface area contributed by atoms with E-state index in [0.717, 1.165) is 22.2 Å². The lowest BCUT2D eigenvalue weighted by Crippen LogP contribution is -2.53. The number of benzene rings is 3. The minimum Gasteiger partial charge on any atom is -0.354 e. The van der Waals surface area contributed by atoms with Crippen LogP contribution in [0.3, 0.4) is 0 Å². The van der Waals surface area contributed by atoms with Crippen LogP contribution in [0.1, 0.15) is 24.5 Å². The van der Waals surface area contributed by atoms with Crippen molar-refractivity contribution in [3.8, 4) is 0 Å². The Morgan fingerprint density at radius 1 is 0.974 bits per heavy atom. The van der Waals surface area contributed by atoms with Crippen LogP contribution in [0, 0.1) is 5.82 Å². The fraction of sp³-hybridized carbons (Fsp3) is 0.286. The molecule has 11 heteroatoms. The highest BCUT2D eigenvalue weighted by Gasteiger charge is 2.33. The first kappa shape index (κ1) is 30.4. The first-order valence-electron chi connectivity index (χ1n) is 12.3. The summed E-state index contributed by atoms with van der Waals surface area (Å²) in [5.74, 6) is -1.75. The molecule has 0 radical (unpaired) electrons. The summed E-state index contributed by atoms with van der Waals surface area (Å²) in [6, 6.07) is 18.0. The molecular weight excluding hydrogens is 564 g/mol. The Balaban J connectivity index is 2.09. The molecule has 0 spiro atoms. The Labute approximate surface area is 238 Å². The maximum Gasteiger partial charge on any atom is 0.244 e. The summed E-state index contributed by atoms with van der Waals surface area (Å²) in [7, 11) is -4.01. The molecular formula is C28H30Cl2FN3O4S. The molecule has 1 atom stereocenters. The van der Waals surface area contributed by atoms with Gasteiger partial charge in [0.2, 0.25) is 21.8 Å². The molecule has 3 aromatic rings. The van der Waals surface area contributed by atoms with Gasteiger partial charge >= 0.3 is 0 Å². The lowest BCUT2D eigenvalue weighted by Gasteiger charge is -2.34. The molecule has 0 saturated heterocycles. The minimum atomic E-state index is -4.01. The number of amides is 2. The molecule has 2 amide bonds. The number of rotatable bonds is 12. The second-order valence-corrected chi connectivity index (χ2v) is 11.7. The van der Waals surface area contributed by atoms with Gasteiger partial charge < -0.3 is 10.2 Å². The van der Waals surface area contributed by atoms with E-state index in [0.29, 0.717) is 18.5 Å². The Morgan fingerprint density at radius 3 is 2.21 bits per heavy atom. The van der Waals surface area contributed by atoms with Crippen LogP contribution in [-0.4, -0.2) is 50.5 Å². The molecule has 0 aliphatic carbocycles. The Bertz CT molecular complexity index is 1390. The van der Waals surface area contributed by atoms with Crippen LogP contribution in [0.15, 0.2) is 72.8 Å². The molecule has 1 N–H and O–H groups in total. The average Bonchev–Trinajstić information content (AvgIpc) is 2.89. The first-order chi connectivity index (χ1) is 18.5. The van der Waals surface area contributed by atoms with Gasteiger partial charge in [-0.05, 0) is 42.3 Å². The van der Waals surface area contributed by atoms with Crippen LogP contribution < -0.4 is 9.62 Å². The molecule has 0 saturated carbocycles. The average molecular weight is 595 g/mol. The van der Waals surface area contributed by atoms with Gasteiger partial charge in [0.25, 0.3) is 0 Å². The second-order valence-electron chi connectivity index (χ2n) is 8.97. The van der Waals surface area contributed by atoms with E-state index >= 15 is 0 Å². The zero-order chi connectivity index (χ0) is 28.6. The fourth-order valence-corrected chi connectivity index (χ4v) is 5.38. The highest BCUT2D eigenvalue weighted by Crippen LogP contribution is 2.28. The third-order valence-electron chi connectivity index (χ3n) is 5.99. The van der Waals surface area contributed by atoms with Gasteiger partial charge in [-0.1, -0.05) is 72.6 Å². The van der Waals surface area contributed by atoms with Crippen LogP contribution in [0.2, 0.25) is 10.0 Å². The molecule has 0 aliphatic heterocycles. The largest absolute Gasteiger partial charge is 0.354 e. The zero-order valence-corrected chi connectivity index (χ0v) is 23.9. The van der Waals surface area contributed by atoms with Gasteiger partial charge in [-0.3, -0.25) is 13.9 Å². The summed E-state index contributed by atoms with van der Waals surface area (Å²) < 4.78 is 40.2. The zero-order valence-electron chi connectivity index (χ0n) is 21.6. The number of nitrogens with one attached hydrogen (secondary N) is 1. The normalized spacial score (nSPS) is 12.0. The number of hydrogen-bond acceptors (Lipinski definition) is 4. The lowest BCUT2D eigenvalue weighted by atomic mass is 10.0. The van der Waals surface area contributed by atoms with E-state index in [1.807, 2.05) is 37.3 Å². The summed E-state index contributed by atoms with van der Waals surface area (Å²) in [4.78, 5) is 28.7. The topological polar surface area (TPSA) is 86.8 Å². The molecule has 39 heavy (non-hydrogen) atoms. The van der Waals surface area contributed by atoms with Crippen molar-refractivity contribution in [2.75, 3.05) is 23.7 Å². The van der Waals surface area contributed by atoms with Gasteiger partial charge in [-0.2, -0.15) is 0 Å². The fourth-order valence-electron chi connectivity index (χ4n) is 4.02. The minimum absolute atomic E-state index is 0.0170. The summed E-state index contributed by atoms with van der Waals surface area (Å²) in [5.41, 5.74) is 1.19. The number of carbonyl (C=O) groups is 2. The smallest absolute Gasteiger partial charge is 0.244 e. The van der Waals surface area contributed by atoms with Gasteiger partial charge in [0.05, 0.1) is 11.9 Å². The molecule has 3 rings (SSSR count). The highest BCUT2D eigenvalue weighted by molar-refractivity contribution is 7.92. The quantitative estimate of drug-likeness (QED) is 0.318. The van der Waals surface area contributed by atoms with E-state index in [9.17, 15) is 22.4 Å². The maximum atomic E-state index is 14.0. The number of nitrogens with zero attached hydrogens (tertiary/aromatic N) is 2. The van der Waals surface area contributed by atoms with Crippen LogP contribution in [0.5, 0.6) is 0 Å². The number of carbonyl (C=O) groups excluding carboxylic acids is 2. The molecule has 0 heterocycles. The van der Waals surface area contributed by atoms with E-state index in [-0.39, 0.29) is 28.7 Å². The van der Waals surface area contributed by atoms with E-state index in [1.54, 1.807) is 18.2 Å². The van der Waals surface area contributed by atoms with Crippen molar-refractivity contribution in [3.63, 3.8) is 0 Å². The van der Waals surface area contributed by atoms with Crippen molar-refractivity contribution in [3.05, 3.63) is 99.8 Å². The summed E-state index contributed by atoms with van der Waals surface area (Å²) in [6.45, 7) is 1.46. The summed E-state index contributed by atoms with van der Waals surface area (Å²) >= 11 is 12.9. The Kier molecular flexibility index (Phi) is 10.7. The van der Waals surface area contributed by atoms with Gasteiger partial charge in [0, 0.05) is 35.1 Å². The van der Waals surface area contributed by atoms with E-state index in [1.165, 1.54) is 23.1 Å². The standard InChI is InChI=1S/C28H30Cl2FN3O4S/c1-3-15-32-28(36)26(16-20-9-5-4-6-10-20)33(18-23-24(29)13-8-14-25(23)30)27(35)19-34(39(2,37)38)22-12-7-11-21(31)17-22/h4-14,17,26H,3,15-16,18-19H2,1-2H3,(H,32,36)/t26-/m1/s1. The molecule has 208 valence electrons. The summed E-state index contributed by atoms with van der Waals surface area (Å²) in [6.07, 6.45) is 1.76. The van der Waals surface area contributed by atoms with Crippen LogP contribution >= 0.6 is 23.2 Å². The van der Waals surface area contributed by atoms with Crippen molar-refractivity contribution in [1.29, 1.82) is 0 Å². The Morgan fingerprint density at radius 2 is 1.62 bits per heavy atom. The number of halogens is 3. The molecule has 0 bridgehead atoms. The van der Waals surface area contributed by atoms with E-state index in [2.05, 4.69) is 5.32 Å². The van der Waals surface area contributed by atoms with Crippen molar-refractivity contribution in [2.45, 2.75) is 32.4 Å². The summed E-state index contributed by atoms with van der Waals surface area (Å²) in [5, 5.41) is 3.42. The third kappa shape index (κ3) is 8.42. The van der Waals surface area contributed by atoms with Gasteiger partial charge in [0.1, 0.15) is 18.4 Å². The number of hydrogen-bond donors (Lipinski definition) is 1. The monoisotopic (exact) mass is 593 g/mol. The molecule has 0 fully saturated rings. The molecule has 0 aliphatic rings. The van der Waals surface area contributed by atoms with Crippen molar-refractivity contribution in [2.24, 2.45) is 0 Å². The Hall–Kier alpha value is -3.14. The van der Waals surface area contributed by atoms with Gasteiger partial charge in [-0.25, -0.2) is 12.8 Å². The van der Waals surface area contributed by atoms with E-state index in [4.69, 9.17) is 23.2 Å². The molecule has 3 aromatic carbocycles. The first-order valence-corrected chi connectivity index (χ1v) is 14.9. The van der Waals surface area contributed by atoms with E-state index < -0.39 is 40.2 Å². The van der Waals surface area contributed by atoms with Crippen molar-refractivity contribution < 1.29 is 22.4 Å². The van der Waals surface area contributed by atoms with Crippen LogP contribution in [-0.2, 0) is 32.6 Å². The van der Waals surface area contributed by atoms with Gasteiger partial charge in [-0.15, -0.1) is 0 Å². The lowest BCUT2D eigenvalue weighted by molar-refractivity contribution is -0.140. The van der Waals surface area contributed by atoms with Crippen molar-refractivity contribution >= 4 is 50.7 Å². The molecule has 7 nitrogen and oxygen atoms in total. The number of anilines is 1. The predicted octanol–water partition coefficient (Wildman–Crippen LogP) is 5.06. The number of sulfonamides is 1. The predicted molar refractivity (Wildman–Crippen MR) is 153 cm³/mol. The highest BCUT2D eigenvalue weighted by atomic mass is 35.5. The molecule has 0 unspecified atom stereocenters. The third-order valence-corrected chi connectivity index (χ3v) is 7.83. The molecule has 0 aromatic heterocycles. The van der Waals surface area contributed by atoms with Crippen LogP contribution in [0.25, 0.3) is 0 Å². The SMILES string of the molecule is CCCNC(=O)[C@@H](Cc1ccccc1)N(Cc1c(Cl)cccc1Cl)C(=O)CN(c1cccc(F)c1)S(C)(=O)=O. The van der Waals surface area contributed by atoms with Gasteiger partial charge in [0.15, 0.2) is 0 Å². The second kappa shape index (κ2) is 13.8.